The third-order valence-corrected chi connectivity index (χ3v) is 6.68. The Hall–Kier alpha value is -2.30. The Kier molecular flexibility index (Phi) is 9.24. The van der Waals surface area contributed by atoms with E-state index < -0.39 is 0 Å². The normalized spacial score (nSPS) is 12.2. The van der Waals surface area contributed by atoms with Crippen molar-refractivity contribution in [1.29, 1.82) is 0 Å². The molecule has 0 fully saturated rings. The fourth-order valence-corrected chi connectivity index (χ4v) is 5.44. The zero-order chi connectivity index (χ0) is 25.1. The van der Waals surface area contributed by atoms with E-state index in [9.17, 15) is 0 Å². The van der Waals surface area contributed by atoms with Gasteiger partial charge < -0.3 is 14.2 Å². The van der Waals surface area contributed by atoms with Gasteiger partial charge in [0, 0.05) is 0 Å². The number of hydrogen-bond acceptors (Lipinski definition) is 3. The van der Waals surface area contributed by atoms with Gasteiger partial charge in [0.15, 0.2) is 14.7 Å². The lowest BCUT2D eigenvalue weighted by molar-refractivity contribution is 0.130. The largest absolute Gasteiger partial charge is 0.488 e. The van der Waals surface area contributed by atoms with Gasteiger partial charge in [0.1, 0.15) is 34.1 Å². The summed E-state index contributed by atoms with van der Waals surface area (Å²) in [6.45, 7) is 18.6. The highest BCUT2D eigenvalue weighted by Crippen LogP contribution is 2.35. The summed E-state index contributed by atoms with van der Waals surface area (Å²) >= 11 is 0. The molecule has 0 spiro atoms. The lowest BCUT2D eigenvalue weighted by Crippen LogP contribution is -2.23. The van der Waals surface area contributed by atoms with Crippen LogP contribution in [0, 0.1) is 0 Å². The monoisotopic (exact) mass is 515 g/mol. The smallest absolute Gasteiger partial charge is 0.166 e. The van der Waals surface area contributed by atoms with Crippen LogP contribution in [0.25, 0.3) is 0 Å². The number of ether oxygens (including phenoxy) is 3. The second kappa shape index (κ2) is 11.2. The molecule has 3 aromatic rings. The van der Waals surface area contributed by atoms with Gasteiger partial charge >= 0.3 is 0 Å². The minimum atomic E-state index is -0.276. The van der Waals surface area contributed by atoms with Crippen LogP contribution >= 0.6 is 12.4 Å². The van der Waals surface area contributed by atoms with Crippen molar-refractivity contribution in [1.82, 2.24) is 0 Å². The van der Waals surface area contributed by atoms with E-state index in [2.05, 4.69) is 135 Å². The minimum Gasteiger partial charge on any atom is -0.488 e. The first-order valence-electron chi connectivity index (χ1n) is 11.8. The van der Waals surface area contributed by atoms with E-state index in [1.54, 1.807) is 0 Å². The van der Waals surface area contributed by atoms with Crippen LogP contribution in [-0.2, 0) is 10.9 Å². The summed E-state index contributed by atoms with van der Waals surface area (Å²) in [5.74, 6) is 2.63. The molecule has 0 atom stereocenters. The Labute approximate surface area is 221 Å². The predicted molar refractivity (Wildman–Crippen MR) is 150 cm³/mol. The molecule has 0 N–H and O–H groups in total. The van der Waals surface area contributed by atoms with E-state index in [1.807, 2.05) is 0 Å². The third-order valence-electron chi connectivity index (χ3n) is 4.45. The van der Waals surface area contributed by atoms with Gasteiger partial charge in [-0.2, -0.15) is 0 Å². The van der Waals surface area contributed by atoms with Crippen LogP contribution in [0.15, 0.2) is 87.5 Å². The van der Waals surface area contributed by atoms with Crippen LogP contribution in [0.2, 0.25) is 0 Å². The van der Waals surface area contributed by atoms with Gasteiger partial charge in [0.2, 0.25) is 0 Å². The molecule has 3 nitrogen and oxygen atoms in total. The van der Waals surface area contributed by atoms with E-state index in [1.165, 1.54) is 14.7 Å². The van der Waals surface area contributed by atoms with Crippen LogP contribution in [0.3, 0.4) is 0 Å². The summed E-state index contributed by atoms with van der Waals surface area (Å²) in [7, 11) is -0.276. The van der Waals surface area contributed by atoms with Gasteiger partial charge in [0.05, 0.1) is 10.9 Å². The first-order chi connectivity index (χ1) is 15.7. The van der Waals surface area contributed by atoms with Gasteiger partial charge in [0.25, 0.3) is 0 Å². The Balaban J connectivity index is 0.00000432. The van der Waals surface area contributed by atoms with Crippen molar-refractivity contribution in [2.45, 2.75) is 93.8 Å². The lowest BCUT2D eigenvalue weighted by atomic mass is 10.2. The molecule has 0 unspecified atom stereocenters. The highest BCUT2D eigenvalue weighted by molar-refractivity contribution is 7.97. The summed E-state index contributed by atoms with van der Waals surface area (Å²) in [5.41, 5.74) is -0.682. The lowest BCUT2D eigenvalue weighted by Gasteiger charge is -2.22. The third kappa shape index (κ3) is 9.35. The molecule has 0 aliphatic rings. The van der Waals surface area contributed by atoms with Crippen molar-refractivity contribution >= 4 is 23.3 Å². The van der Waals surface area contributed by atoms with Gasteiger partial charge in [-0.25, -0.2) is 0 Å². The van der Waals surface area contributed by atoms with E-state index in [-0.39, 0.29) is 40.1 Å². The fourth-order valence-electron chi connectivity index (χ4n) is 3.40. The Morgan fingerprint density at radius 1 is 0.400 bits per heavy atom. The number of benzene rings is 3. The molecule has 0 aliphatic carbocycles. The highest BCUT2D eigenvalue weighted by atomic mass is 35.5. The molecule has 3 rings (SSSR count). The van der Waals surface area contributed by atoms with E-state index in [0.29, 0.717) is 0 Å². The molecule has 5 heteroatoms. The molecule has 0 aromatic heterocycles. The van der Waals surface area contributed by atoms with Crippen molar-refractivity contribution in [3.63, 3.8) is 0 Å². The summed E-state index contributed by atoms with van der Waals surface area (Å²) in [6.07, 6.45) is 0. The molecule has 0 saturated heterocycles. The van der Waals surface area contributed by atoms with E-state index in [0.717, 1.165) is 17.2 Å². The molecule has 3 aromatic carbocycles. The molecule has 0 radical (unpaired) electrons. The molecule has 0 aliphatic heterocycles. The molecule has 35 heavy (non-hydrogen) atoms. The summed E-state index contributed by atoms with van der Waals surface area (Å²) in [6, 6.07) is 25.4. The quantitative estimate of drug-likeness (QED) is 0.307. The SMILES string of the molecule is CC(C)(C)Oc1ccc([S+](c2ccc(OC(C)(C)C)cc2)c2ccc(OC(C)(C)C)cc2)cc1.Cl. The van der Waals surface area contributed by atoms with Crippen molar-refractivity contribution in [3.8, 4) is 17.2 Å². The second-order valence-electron chi connectivity index (χ2n) is 11.4. The van der Waals surface area contributed by atoms with E-state index in [4.69, 9.17) is 14.2 Å². The average Bonchev–Trinajstić information content (AvgIpc) is 2.69. The van der Waals surface area contributed by atoms with Crippen molar-refractivity contribution < 1.29 is 14.2 Å². The zero-order valence-corrected chi connectivity index (χ0v) is 24.1. The van der Waals surface area contributed by atoms with Crippen LogP contribution in [0.4, 0.5) is 0 Å². The maximum Gasteiger partial charge on any atom is 0.166 e. The first-order valence-corrected chi connectivity index (χ1v) is 13.0. The van der Waals surface area contributed by atoms with Crippen molar-refractivity contribution in [2.75, 3.05) is 0 Å². The standard InChI is InChI=1S/C30H39O3S.ClH/c1-28(2,3)31-22-10-16-25(17-11-22)34(26-18-12-23(13-19-26)32-29(4,5)6)27-20-14-24(15-21-27)33-30(7,8)9;/h10-21H,1-9H3;1H/q+1;. The molecule has 0 amide bonds. The predicted octanol–water partition coefficient (Wildman–Crippen LogP) is 8.74. The average molecular weight is 516 g/mol. The number of hydrogen-bond donors (Lipinski definition) is 0. The summed E-state index contributed by atoms with van der Waals surface area (Å²) in [4.78, 5) is 3.70. The molecular formula is C30H40ClO3S+. The molecule has 0 bridgehead atoms. The molecule has 0 heterocycles. The number of rotatable bonds is 6. The topological polar surface area (TPSA) is 27.7 Å². The minimum absolute atomic E-state index is 0. The van der Waals surface area contributed by atoms with Crippen LogP contribution in [0.5, 0.6) is 17.2 Å². The summed E-state index contributed by atoms with van der Waals surface area (Å²) in [5, 5.41) is 0. The van der Waals surface area contributed by atoms with Gasteiger partial charge in [-0.1, -0.05) is 0 Å². The Morgan fingerprint density at radius 3 is 0.771 bits per heavy atom. The van der Waals surface area contributed by atoms with Gasteiger partial charge in [-0.15, -0.1) is 12.4 Å². The Morgan fingerprint density at radius 2 is 0.600 bits per heavy atom. The molecule has 190 valence electrons. The van der Waals surface area contributed by atoms with Gasteiger partial charge in [-0.05, 0) is 135 Å². The van der Waals surface area contributed by atoms with Gasteiger partial charge in [-0.3, -0.25) is 0 Å². The zero-order valence-electron chi connectivity index (χ0n) is 22.5. The van der Waals surface area contributed by atoms with Crippen molar-refractivity contribution in [3.05, 3.63) is 72.8 Å². The maximum atomic E-state index is 6.04. The van der Waals surface area contributed by atoms with E-state index >= 15 is 0 Å². The van der Waals surface area contributed by atoms with Crippen molar-refractivity contribution in [2.24, 2.45) is 0 Å². The van der Waals surface area contributed by atoms with Crippen LogP contribution < -0.4 is 14.2 Å². The summed E-state index contributed by atoms with van der Waals surface area (Å²) < 4.78 is 18.1. The molecular weight excluding hydrogens is 476 g/mol. The second-order valence-corrected chi connectivity index (χ2v) is 13.4. The first kappa shape index (κ1) is 28.9. The van der Waals surface area contributed by atoms with Crippen LogP contribution in [-0.4, -0.2) is 16.8 Å². The highest BCUT2D eigenvalue weighted by Gasteiger charge is 2.29. The molecule has 0 saturated carbocycles. The fraction of sp³-hybridized carbons (Fsp3) is 0.400. The number of halogens is 1. The van der Waals surface area contributed by atoms with Crippen LogP contribution in [0.1, 0.15) is 62.3 Å². The Bertz CT molecular complexity index is 914. The maximum absolute atomic E-state index is 6.04.